The first-order valence-corrected chi connectivity index (χ1v) is 6.99. The second kappa shape index (κ2) is 4.99. The van der Waals surface area contributed by atoms with Crippen LogP contribution in [0.1, 0.15) is 43.2 Å². The molecule has 2 N–H and O–H groups in total. The molecule has 0 spiro atoms. The van der Waals surface area contributed by atoms with Gasteiger partial charge in [-0.15, -0.1) is 0 Å². The van der Waals surface area contributed by atoms with Crippen molar-refractivity contribution in [2.24, 2.45) is 5.73 Å². The van der Waals surface area contributed by atoms with E-state index in [9.17, 15) is 0 Å². The molecule has 1 aliphatic rings. The number of halogens is 1. The number of hydrogen-bond donors (Lipinski definition) is 1. The maximum absolute atomic E-state index is 6.59. The molecule has 1 saturated carbocycles. The molecule has 1 fully saturated rings. The maximum Gasteiger partial charge on any atom is 0.133 e. The molecule has 1 aromatic rings. The van der Waals surface area contributed by atoms with Crippen LogP contribution in [-0.4, -0.2) is 7.11 Å². The molecular formula is C14H20BrNO. The van der Waals surface area contributed by atoms with Crippen molar-refractivity contribution in [3.05, 3.63) is 27.7 Å². The minimum Gasteiger partial charge on any atom is -0.496 e. The first-order valence-electron chi connectivity index (χ1n) is 6.20. The lowest BCUT2D eigenvalue weighted by atomic mass is 9.77. The van der Waals surface area contributed by atoms with Crippen LogP contribution in [0.2, 0.25) is 0 Å². The van der Waals surface area contributed by atoms with Crippen molar-refractivity contribution in [1.29, 1.82) is 0 Å². The van der Waals surface area contributed by atoms with Gasteiger partial charge in [0.1, 0.15) is 5.75 Å². The number of benzene rings is 1. The second-order valence-electron chi connectivity index (χ2n) is 5.05. The standard InChI is InChI=1S/C14H20BrNO/c1-10-8-11(13(15)12(9-10)17-2)14(16)6-4-3-5-7-14/h8-9H,3-7,16H2,1-2H3. The fourth-order valence-corrected chi connectivity index (χ4v) is 3.48. The molecule has 0 aliphatic heterocycles. The Morgan fingerprint density at radius 3 is 2.47 bits per heavy atom. The van der Waals surface area contributed by atoms with Gasteiger partial charge >= 0.3 is 0 Å². The summed E-state index contributed by atoms with van der Waals surface area (Å²) in [6, 6.07) is 4.23. The molecule has 0 heterocycles. The van der Waals surface area contributed by atoms with Crippen LogP contribution in [0.25, 0.3) is 0 Å². The highest BCUT2D eigenvalue weighted by Crippen LogP contribution is 2.42. The monoisotopic (exact) mass is 297 g/mol. The molecule has 0 amide bonds. The smallest absolute Gasteiger partial charge is 0.133 e. The molecule has 0 saturated heterocycles. The molecule has 0 bridgehead atoms. The van der Waals surface area contributed by atoms with Crippen LogP contribution in [0.4, 0.5) is 0 Å². The van der Waals surface area contributed by atoms with Crippen LogP contribution in [0.3, 0.4) is 0 Å². The number of rotatable bonds is 2. The molecule has 1 aromatic carbocycles. The number of methoxy groups -OCH3 is 1. The van der Waals surface area contributed by atoms with E-state index < -0.39 is 0 Å². The molecule has 1 aliphatic carbocycles. The van der Waals surface area contributed by atoms with Gasteiger partial charge in [0.15, 0.2) is 0 Å². The SMILES string of the molecule is COc1cc(C)cc(C2(N)CCCCC2)c1Br. The van der Waals surface area contributed by atoms with Crippen LogP contribution in [0, 0.1) is 6.92 Å². The molecule has 0 unspecified atom stereocenters. The van der Waals surface area contributed by atoms with E-state index in [1.165, 1.54) is 30.4 Å². The number of ether oxygens (including phenoxy) is 1. The lowest BCUT2D eigenvalue weighted by Gasteiger charge is -2.35. The molecule has 0 aromatic heterocycles. The zero-order valence-electron chi connectivity index (χ0n) is 10.6. The molecular weight excluding hydrogens is 278 g/mol. The summed E-state index contributed by atoms with van der Waals surface area (Å²) in [6.07, 6.45) is 5.88. The van der Waals surface area contributed by atoms with Crippen LogP contribution >= 0.6 is 15.9 Å². The van der Waals surface area contributed by atoms with E-state index in [1.807, 2.05) is 6.07 Å². The summed E-state index contributed by atoms with van der Waals surface area (Å²) in [4.78, 5) is 0. The van der Waals surface area contributed by atoms with E-state index in [0.717, 1.165) is 23.1 Å². The predicted octanol–water partition coefficient (Wildman–Crippen LogP) is 3.88. The van der Waals surface area contributed by atoms with Gasteiger partial charge in [-0.3, -0.25) is 0 Å². The Morgan fingerprint density at radius 2 is 1.88 bits per heavy atom. The Morgan fingerprint density at radius 1 is 1.24 bits per heavy atom. The summed E-state index contributed by atoms with van der Waals surface area (Å²) in [6.45, 7) is 2.09. The molecule has 94 valence electrons. The fourth-order valence-electron chi connectivity index (χ4n) is 2.70. The van der Waals surface area contributed by atoms with E-state index >= 15 is 0 Å². The minimum atomic E-state index is -0.184. The Balaban J connectivity index is 2.46. The Bertz CT molecular complexity index is 411. The number of hydrogen-bond acceptors (Lipinski definition) is 2. The third kappa shape index (κ3) is 2.50. The highest BCUT2D eigenvalue weighted by molar-refractivity contribution is 9.10. The van der Waals surface area contributed by atoms with E-state index in [0.29, 0.717) is 0 Å². The maximum atomic E-state index is 6.59. The Labute approximate surface area is 112 Å². The summed E-state index contributed by atoms with van der Waals surface area (Å²) >= 11 is 3.64. The van der Waals surface area contributed by atoms with E-state index in [2.05, 4.69) is 28.9 Å². The average Bonchev–Trinajstić information content (AvgIpc) is 2.32. The topological polar surface area (TPSA) is 35.2 Å². The van der Waals surface area contributed by atoms with E-state index in [-0.39, 0.29) is 5.54 Å². The van der Waals surface area contributed by atoms with Gasteiger partial charge in [0.05, 0.1) is 11.6 Å². The minimum absolute atomic E-state index is 0.184. The van der Waals surface area contributed by atoms with Gasteiger partial charge in [0.2, 0.25) is 0 Å². The first-order chi connectivity index (χ1) is 8.07. The van der Waals surface area contributed by atoms with Crippen molar-refractivity contribution in [2.75, 3.05) is 7.11 Å². The Kier molecular flexibility index (Phi) is 3.79. The van der Waals surface area contributed by atoms with Gasteiger partial charge in [-0.1, -0.05) is 25.3 Å². The normalized spacial score (nSPS) is 19.1. The second-order valence-corrected chi connectivity index (χ2v) is 5.84. The zero-order valence-corrected chi connectivity index (χ0v) is 12.1. The zero-order chi connectivity index (χ0) is 12.5. The van der Waals surface area contributed by atoms with Gasteiger partial charge in [-0.2, -0.15) is 0 Å². The lowest BCUT2D eigenvalue weighted by Crippen LogP contribution is -2.39. The molecule has 0 atom stereocenters. The van der Waals surface area contributed by atoms with Gasteiger partial charge in [-0.25, -0.2) is 0 Å². The van der Waals surface area contributed by atoms with Gasteiger partial charge in [0, 0.05) is 5.54 Å². The number of nitrogens with two attached hydrogens (primary N) is 1. The summed E-state index contributed by atoms with van der Waals surface area (Å²) in [5.74, 6) is 0.885. The summed E-state index contributed by atoms with van der Waals surface area (Å²) < 4.78 is 6.42. The van der Waals surface area contributed by atoms with Crippen molar-refractivity contribution >= 4 is 15.9 Å². The highest BCUT2D eigenvalue weighted by atomic mass is 79.9. The summed E-state index contributed by atoms with van der Waals surface area (Å²) in [5.41, 5.74) is 8.81. The van der Waals surface area contributed by atoms with E-state index in [4.69, 9.17) is 10.5 Å². The van der Waals surface area contributed by atoms with E-state index in [1.54, 1.807) is 7.11 Å². The van der Waals surface area contributed by atoms with Crippen LogP contribution in [0.15, 0.2) is 16.6 Å². The first kappa shape index (κ1) is 12.9. The summed E-state index contributed by atoms with van der Waals surface area (Å²) in [7, 11) is 1.70. The molecule has 2 nitrogen and oxygen atoms in total. The van der Waals surface area contributed by atoms with Crippen LogP contribution in [-0.2, 0) is 5.54 Å². The molecule has 3 heteroatoms. The van der Waals surface area contributed by atoms with Crippen molar-refractivity contribution in [3.63, 3.8) is 0 Å². The highest BCUT2D eigenvalue weighted by Gasteiger charge is 2.32. The largest absolute Gasteiger partial charge is 0.496 e. The Hall–Kier alpha value is -0.540. The third-order valence-corrected chi connectivity index (χ3v) is 4.50. The average molecular weight is 298 g/mol. The predicted molar refractivity (Wildman–Crippen MR) is 74.4 cm³/mol. The lowest BCUT2D eigenvalue weighted by molar-refractivity contribution is 0.299. The van der Waals surface area contributed by atoms with Gasteiger partial charge in [0.25, 0.3) is 0 Å². The summed E-state index contributed by atoms with van der Waals surface area (Å²) in [5, 5.41) is 0. The third-order valence-electron chi connectivity index (χ3n) is 3.69. The van der Waals surface area contributed by atoms with Crippen molar-refractivity contribution in [3.8, 4) is 5.75 Å². The molecule has 2 rings (SSSR count). The van der Waals surface area contributed by atoms with Crippen molar-refractivity contribution in [2.45, 2.75) is 44.6 Å². The fraction of sp³-hybridized carbons (Fsp3) is 0.571. The number of aryl methyl sites for hydroxylation is 1. The van der Waals surface area contributed by atoms with Crippen LogP contribution < -0.4 is 10.5 Å². The van der Waals surface area contributed by atoms with Gasteiger partial charge < -0.3 is 10.5 Å². The van der Waals surface area contributed by atoms with Gasteiger partial charge in [-0.05, 0) is 52.9 Å². The quantitative estimate of drug-likeness (QED) is 0.899. The van der Waals surface area contributed by atoms with Crippen LogP contribution in [0.5, 0.6) is 5.75 Å². The van der Waals surface area contributed by atoms with Crippen molar-refractivity contribution in [1.82, 2.24) is 0 Å². The molecule has 0 radical (unpaired) electrons. The van der Waals surface area contributed by atoms with Crippen molar-refractivity contribution < 1.29 is 4.74 Å². The molecule has 17 heavy (non-hydrogen) atoms.